The van der Waals surface area contributed by atoms with Crippen molar-refractivity contribution in [2.75, 3.05) is 7.05 Å². The number of aldehydes is 1. The van der Waals surface area contributed by atoms with E-state index in [4.69, 9.17) is 4.99 Å². The van der Waals surface area contributed by atoms with Crippen molar-refractivity contribution in [3.8, 4) is 0 Å². The molecule has 1 aliphatic heterocycles. The molecule has 0 amide bonds. The van der Waals surface area contributed by atoms with E-state index in [-0.39, 0.29) is 11.6 Å². The molecule has 1 heterocycles. The largest absolute Gasteiger partial charge is 0.364 e. The van der Waals surface area contributed by atoms with E-state index >= 15 is 0 Å². The molecule has 1 unspecified atom stereocenters. The lowest BCUT2D eigenvalue weighted by Gasteiger charge is -2.34. The minimum Gasteiger partial charge on any atom is -0.364 e. The number of hydrogen-bond donors (Lipinski definition) is 0. The number of aryl methyl sites for hydroxylation is 1. The fourth-order valence-corrected chi connectivity index (χ4v) is 4.39. The van der Waals surface area contributed by atoms with Gasteiger partial charge < -0.3 is 9.69 Å². The standard InChI is InChI=1S/C28H34F2N2O/c1-4-6-7-8-11-23-19-31-27(22-17-25(29)24(5-2)26(30)18-22)28(32(23)3)21-14-12-20(13-15-21)10-9-16-33/h12-19,23H,4-11H2,1-3H3. The molecular formula is C28H34F2N2O. The van der Waals surface area contributed by atoms with E-state index in [0.717, 1.165) is 36.0 Å². The highest BCUT2D eigenvalue weighted by atomic mass is 19.1. The van der Waals surface area contributed by atoms with Crippen LogP contribution in [0.1, 0.15) is 74.6 Å². The van der Waals surface area contributed by atoms with Crippen LogP contribution in [0.25, 0.3) is 11.4 Å². The molecule has 1 aliphatic rings. The summed E-state index contributed by atoms with van der Waals surface area (Å²) < 4.78 is 29.2. The maximum atomic E-state index is 14.6. The summed E-state index contributed by atoms with van der Waals surface area (Å²) in [5.41, 5.74) is 4.00. The lowest BCUT2D eigenvalue weighted by atomic mass is 9.96. The summed E-state index contributed by atoms with van der Waals surface area (Å²) in [4.78, 5) is 17.6. The quantitative estimate of drug-likeness (QED) is 0.276. The van der Waals surface area contributed by atoms with E-state index < -0.39 is 11.6 Å². The molecule has 0 bridgehead atoms. The average Bonchev–Trinajstić information content (AvgIpc) is 2.81. The molecule has 176 valence electrons. The smallest absolute Gasteiger partial charge is 0.129 e. The van der Waals surface area contributed by atoms with E-state index in [1.54, 1.807) is 6.92 Å². The van der Waals surface area contributed by atoms with Gasteiger partial charge in [0.2, 0.25) is 0 Å². The highest BCUT2D eigenvalue weighted by molar-refractivity contribution is 5.96. The normalized spacial score (nSPS) is 15.9. The van der Waals surface area contributed by atoms with E-state index in [0.29, 0.717) is 30.5 Å². The predicted octanol–water partition coefficient (Wildman–Crippen LogP) is 6.84. The molecule has 0 fully saturated rings. The molecule has 5 heteroatoms. The van der Waals surface area contributed by atoms with Crippen LogP contribution in [-0.2, 0) is 17.6 Å². The second-order valence-corrected chi connectivity index (χ2v) is 8.68. The molecule has 0 N–H and O–H groups in total. The number of halogens is 2. The monoisotopic (exact) mass is 452 g/mol. The average molecular weight is 453 g/mol. The zero-order valence-corrected chi connectivity index (χ0v) is 19.9. The van der Waals surface area contributed by atoms with Crippen molar-refractivity contribution in [1.29, 1.82) is 0 Å². The zero-order chi connectivity index (χ0) is 23.8. The summed E-state index contributed by atoms with van der Waals surface area (Å²) in [7, 11) is 2.03. The van der Waals surface area contributed by atoms with Crippen molar-refractivity contribution >= 4 is 23.9 Å². The Labute approximate surface area is 196 Å². The first-order valence-electron chi connectivity index (χ1n) is 12.0. The maximum absolute atomic E-state index is 14.6. The van der Waals surface area contributed by atoms with Crippen LogP contribution in [0.4, 0.5) is 8.78 Å². The molecule has 2 aromatic rings. The van der Waals surface area contributed by atoms with Gasteiger partial charge in [0.15, 0.2) is 0 Å². The molecule has 3 rings (SSSR count). The van der Waals surface area contributed by atoms with Crippen molar-refractivity contribution in [3.63, 3.8) is 0 Å². The fourth-order valence-electron chi connectivity index (χ4n) is 4.39. The van der Waals surface area contributed by atoms with Crippen molar-refractivity contribution in [1.82, 2.24) is 4.90 Å². The second kappa shape index (κ2) is 11.9. The summed E-state index contributed by atoms with van der Waals surface area (Å²) >= 11 is 0. The van der Waals surface area contributed by atoms with Gasteiger partial charge in [-0.1, -0.05) is 63.8 Å². The molecule has 2 aromatic carbocycles. The Morgan fingerprint density at radius 3 is 2.30 bits per heavy atom. The van der Waals surface area contributed by atoms with Gasteiger partial charge in [0, 0.05) is 36.4 Å². The van der Waals surface area contributed by atoms with Gasteiger partial charge in [-0.15, -0.1) is 0 Å². The van der Waals surface area contributed by atoms with Gasteiger partial charge in [-0.05, 0) is 37.0 Å². The number of carbonyl (C=O) groups excluding carboxylic acids is 1. The lowest BCUT2D eigenvalue weighted by molar-refractivity contribution is -0.107. The van der Waals surface area contributed by atoms with Crippen LogP contribution >= 0.6 is 0 Å². The van der Waals surface area contributed by atoms with Crippen molar-refractivity contribution < 1.29 is 13.6 Å². The Bertz CT molecular complexity index is 988. The number of benzene rings is 2. The molecule has 0 spiro atoms. The summed E-state index contributed by atoms with van der Waals surface area (Å²) in [5.74, 6) is -1.08. The molecule has 0 saturated heterocycles. The summed E-state index contributed by atoms with van der Waals surface area (Å²) in [5, 5.41) is 0. The molecule has 0 saturated carbocycles. The van der Waals surface area contributed by atoms with Gasteiger partial charge in [-0.25, -0.2) is 8.78 Å². The summed E-state index contributed by atoms with van der Waals surface area (Å²) in [6.07, 6.45) is 9.98. The van der Waals surface area contributed by atoms with Gasteiger partial charge >= 0.3 is 0 Å². The predicted molar refractivity (Wildman–Crippen MR) is 132 cm³/mol. The van der Waals surface area contributed by atoms with E-state index in [2.05, 4.69) is 11.8 Å². The van der Waals surface area contributed by atoms with Crippen molar-refractivity contribution in [3.05, 3.63) is 70.3 Å². The van der Waals surface area contributed by atoms with Crippen LogP contribution < -0.4 is 0 Å². The van der Waals surface area contributed by atoms with E-state index in [1.165, 1.54) is 31.4 Å². The Hall–Kier alpha value is -2.82. The molecule has 1 atom stereocenters. The van der Waals surface area contributed by atoms with E-state index in [9.17, 15) is 13.6 Å². The third kappa shape index (κ3) is 5.95. The first-order chi connectivity index (χ1) is 16.0. The van der Waals surface area contributed by atoms with Gasteiger partial charge in [-0.2, -0.15) is 0 Å². The lowest BCUT2D eigenvalue weighted by Crippen LogP contribution is -2.34. The van der Waals surface area contributed by atoms with Gasteiger partial charge in [0.05, 0.1) is 17.4 Å². The SMILES string of the molecule is CCCCCCC1C=NC(c2cc(F)c(CC)c(F)c2)=C(c2ccc(CCC=O)cc2)N1C. The van der Waals surface area contributed by atoms with Gasteiger partial charge in [0.25, 0.3) is 0 Å². The van der Waals surface area contributed by atoms with Gasteiger partial charge in [-0.3, -0.25) is 4.99 Å². The van der Waals surface area contributed by atoms with Crippen LogP contribution in [0.5, 0.6) is 0 Å². The third-order valence-electron chi connectivity index (χ3n) is 6.35. The number of carbonyl (C=O) groups is 1. The second-order valence-electron chi connectivity index (χ2n) is 8.68. The topological polar surface area (TPSA) is 32.7 Å². The summed E-state index contributed by atoms with van der Waals surface area (Å²) in [6, 6.07) is 10.9. The van der Waals surface area contributed by atoms with E-state index in [1.807, 2.05) is 37.5 Å². The zero-order valence-electron chi connectivity index (χ0n) is 19.9. The molecule has 3 nitrogen and oxygen atoms in total. The van der Waals surface area contributed by atoms with Crippen LogP contribution in [0.2, 0.25) is 0 Å². The summed E-state index contributed by atoms with van der Waals surface area (Å²) in [6.45, 7) is 3.94. The Morgan fingerprint density at radius 1 is 1.00 bits per heavy atom. The third-order valence-corrected chi connectivity index (χ3v) is 6.35. The highest BCUT2D eigenvalue weighted by Crippen LogP contribution is 2.35. The van der Waals surface area contributed by atoms with Crippen LogP contribution in [0, 0.1) is 11.6 Å². The molecule has 0 radical (unpaired) electrons. The molecular weight excluding hydrogens is 418 g/mol. The molecule has 0 aliphatic carbocycles. The van der Waals surface area contributed by atoms with Crippen LogP contribution in [0.3, 0.4) is 0 Å². The van der Waals surface area contributed by atoms with Crippen molar-refractivity contribution in [2.24, 2.45) is 4.99 Å². The van der Waals surface area contributed by atoms with Crippen molar-refractivity contribution in [2.45, 2.75) is 71.3 Å². The number of rotatable bonds is 11. The van der Waals surface area contributed by atoms with Crippen LogP contribution in [0.15, 0.2) is 41.4 Å². The first-order valence-corrected chi connectivity index (χ1v) is 12.0. The highest BCUT2D eigenvalue weighted by Gasteiger charge is 2.26. The Kier molecular flexibility index (Phi) is 8.93. The first kappa shape index (κ1) is 24.8. The number of unbranched alkanes of at least 4 members (excludes halogenated alkanes) is 3. The van der Waals surface area contributed by atoms with Gasteiger partial charge in [0.1, 0.15) is 17.9 Å². The minimum atomic E-state index is -0.539. The molecule has 33 heavy (non-hydrogen) atoms. The fraction of sp³-hybridized carbons (Fsp3) is 0.429. The molecule has 0 aromatic heterocycles. The Balaban J connectivity index is 2.01. The minimum absolute atomic E-state index is 0.0994. The number of hydrogen-bond acceptors (Lipinski definition) is 3. The van der Waals surface area contributed by atoms with Crippen LogP contribution in [-0.4, -0.2) is 30.5 Å². The number of nitrogens with zero attached hydrogens (tertiary/aromatic N) is 2. The maximum Gasteiger partial charge on any atom is 0.129 e. The number of aliphatic imine (C=N–C) groups is 1. The Morgan fingerprint density at radius 2 is 1.70 bits per heavy atom.